The fourth-order valence-electron chi connectivity index (χ4n) is 2.84. The fraction of sp³-hybridized carbons (Fsp3) is 0.412. The summed E-state index contributed by atoms with van der Waals surface area (Å²) < 4.78 is 39.7. The highest BCUT2D eigenvalue weighted by molar-refractivity contribution is 5.92. The van der Waals surface area contributed by atoms with Gasteiger partial charge in [-0.2, -0.15) is 18.3 Å². The van der Waals surface area contributed by atoms with Crippen molar-refractivity contribution in [3.63, 3.8) is 0 Å². The molecule has 5 nitrogen and oxygen atoms in total. The van der Waals surface area contributed by atoms with Gasteiger partial charge in [-0.25, -0.2) is 4.68 Å². The Morgan fingerprint density at radius 1 is 1.36 bits per heavy atom. The lowest BCUT2D eigenvalue weighted by Gasteiger charge is -2.29. The summed E-state index contributed by atoms with van der Waals surface area (Å²) in [7, 11) is 0. The lowest BCUT2D eigenvalue weighted by molar-refractivity contribution is -0.137. The van der Waals surface area contributed by atoms with Crippen molar-refractivity contribution in [2.45, 2.75) is 25.6 Å². The molecule has 1 aromatic carbocycles. The van der Waals surface area contributed by atoms with Crippen LogP contribution in [0.2, 0.25) is 0 Å². The number of aromatic nitrogens is 2. The first-order valence-corrected chi connectivity index (χ1v) is 8.09. The van der Waals surface area contributed by atoms with E-state index in [0.29, 0.717) is 12.5 Å². The van der Waals surface area contributed by atoms with Crippen LogP contribution >= 0.6 is 0 Å². The van der Waals surface area contributed by atoms with E-state index in [4.69, 9.17) is 0 Å². The van der Waals surface area contributed by atoms with Gasteiger partial charge in [0.25, 0.3) is 5.91 Å². The molecule has 0 spiro atoms. The van der Waals surface area contributed by atoms with E-state index in [1.54, 1.807) is 0 Å². The minimum atomic E-state index is -4.42. The van der Waals surface area contributed by atoms with Crippen molar-refractivity contribution in [3.05, 3.63) is 47.8 Å². The Morgan fingerprint density at radius 2 is 2.16 bits per heavy atom. The second-order valence-electron chi connectivity index (χ2n) is 6.24. The van der Waals surface area contributed by atoms with E-state index in [9.17, 15) is 18.0 Å². The van der Waals surface area contributed by atoms with Crippen LogP contribution in [0.25, 0.3) is 5.69 Å². The average molecular weight is 352 g/mol. The van der Waals surface area contributed by atoms with Crippen LogP contribution in [0.5, 0.6) is 0 Å². The molecule has 2 N–H and O–H groups in total. The molecular weight excluding hydrogens is 333 g/mol. The number of hydrogen-bond acceptors (Lipinski definition) is 3. The molecule has 1 fully saturated rings. The molecule has 2 unspecified atom stereocenters. The fourth-order valence-corrected chi connectivity index (χ4v) is 2.84. The Kier molecular flexibility index (Phi) is 4.80. The summed E-state index contributed by atoms with van der Waals surface area (Å²) in [5.41, 5.74) is -0.328. The molecule has 0 bridgehead atoms. The smallest absolute Gasteiger partial charge is 0.346 e. The number of amides is 1. The first kappa shape index (κ1) is 17.5. The maximum Gasteiger partial charge on any atom is 0.416 e. The molecule has 3 rings (SSSR count). The normalized spacial score (nSPS) is 21.1. The van der Waals surface area contributed by atoms with Crippen LogP contribution in [-0.2, 0) is 6.18 Å². The number of nitrogens with zero attached hydrogens (tertiary/aromatic N) is 2. The molecule has 134 valence electrons. The quantitative estimate of drug-likeness (QED) is 0.893. The topological polar surface area (TPSA) is 58.9 Å². The number of benzene rings is 1. The van der Waals surface area contributed by atoms with Crippen LogP contribution in [0.4, 0.5) is 13.2 Å². The lowest BCUT2D eigenvalue weighted by atomic mass is 9.95. The molecule has 2 atom stereocenters. The number of carbonyl (C=O) groups excluding carboxylic acids is 1. The van der Waals surface area contributed by atoms with Crippen molar-refractivity contribution in [1.82, 2.24) is 20.4 Å². The summed E-state index contributed by atoms with van der Waals surface area (Å²) >= 11 is 0. The second kappa shape index (κ2) is 6.87. The monoisotopic (exact) mass is 352 g/mol. The number of rotatable bonds is 3. The van der Waals surface area contributed by atoms with Gasteiger partial charge in [0.1, 0.15) is 0 Å². The van der Waals surface area contributed by atoms with Crippen LogP contribution in [-0.4, -0.2) is 34.8 Å². The van der Waals surface area contributed by atoms with Gasteiger partial charge in [-0.15, -0.1) is 0 Å². The largest absolute Gasteiger partial charge is 0.416 e. The van der Waals surface area contributed by atoms with Gasteiger partial charge >= 0.3 is 6.18 Å². The van der Waals surface area contributed by atoms with Crippen LogP contribution < -0.4 is 10.6 Å². The summed E-state index contributed by atoms with van der Waals surface area (Å²) in [6.07, 6.45) is -1.97. The molecule has 8 heteroatoms. The van der Waals surface area contributed by atoms with E-state index >= 15 is 0 Å². The van der Waals surface area contributed by atoms with E-state index in [0.717, 1.165) is 25.1 Å². The SMILES string of the molecule is CC1CCNCC1NC(=O)c1ccn(-c2cccc(C(F)(F)F)c2)n1. The highest BCUT2D eigenvalue weighted by atomic mass is 19.4. The van der Waals surface area contributed by atoms with Gasteiger partial charge in [-0.1, -0.05) is 13.0 Å². The Labute approximate surface area is 143 Å². The third-order valence-electron chi connectivity index (χ3n) is 4.40. The van der Waals surface area contributed by atoms with Crippen molar-refractivity contribution >= 4 is 5.91 Å². The molecule has 0 saturated carbocycles. The molecule has 2 aromatic rings. The standard InChI is InChI=1S/C17H19F3N4O/c1-11-5-7-21-10-15(11)22-16(25)14-6-8-24(23-14)13-4-2-3-12(9-13)17(18,19)20/h2-4,6,8-9,11,15,21H,5,7,10H2,1H3,(H,22,25). The molecule has 0 aliphatic carbocycles. The molecule has 25 heavy (non-hydrogen) atoms. The van der Waals surface area contributed by atoms with Gasteiger partial charge in [-0.05, 0) is 43.1 Å². The maximum atomic E-state index is 12.8. The number of piperidine rings is 1. The van der Waals surface area contributed by atoms with Crippen molar-refractivity contribution in [3.8, 4) is 5.69 Å². The Hall–Kier alpha value is -2.35. The average Bonchev–Trinajstić information content (AvgIpc) is 3.06. The first-order chi connectivity index (χ1) is 11.8. The molecule has 0 radical (unpaired) electrons. The molecular formula is C17H19F3N4O. The summed E-state index contributed by atoms with van der Waals surface area (Å²) in [5.74, 6) is 0.0297. The zero-order valence-electron chi connectivity index (χ0n) is 13.7. The third kappa shape index (κ3) is 4.01. The summed E-state index contributed by atoms with van der Waals surface area (Å²) in [6.45, 7) is 3.70. The summed E-state index contributed by atoms with van der Waals surface area (Å²) in [6, 6.07) is 6.34. The van der Waals surface area contributed by atoms with Crippen LogP contribution in [0.1, 0.15) is 29.4 Å². The van der Waals surface area contributed by atoms with Crippen LogP contribution in [0, 0.1) is 5.92 Å². The second-order valence-corrected chi connectivity index (χ2v) is 6.24. The number of alkyl halides is 3. The molecule has 1 aromatic heterocycles. The highest BCUT2D eigenvalue weighted by Crippen LogP contribution is 2.30. The minimum Gasteiger partial charge on any atom is -0.346 e. The van der Waals surface area contributed by atoms with Gasteiger partial charge in [-0.3, -0.25) is 4.79 Å². The van der Waals surface area contributed by atoms with E-state index < -0.39 is 11.7 Å². The summed E-state index contributed by atoms with van der Waals surface area (Å²) in [5, 5.41) is 10.3. The Morgan fingerprint density at radius 3 is 2.88 bits per heavy atom. The molecule has 1 aliphatic heterocycles. The Bertz CT molecular complexity index is 756. The predicted molar refractivity (Wildman–Crippen MR) is 86.5 cm³/mol. The zero-order valence-corrected chi connectivity index (χ0v) is 13.7. The van der Waals surface area contributed by atoms with E-state index in [1.807, 2.05) is 0 Å². The van der Waals surface area contributed by atoms with Gasteiger partial charge < -0.3 is 10.6 Å². The maximum absolute atomic E-state index is 12.8. The van der Waals surface area contributed by atoms with Crippen molar-refractivity contribution in [2.24, 2.45) is 5.92 Å². The van der Waals surface area contributed by atoms with Crippen molar-refractivity contribution in [2.75, 3.05) is 13.1 Å². The third-order valence-corrected chi connectivity index (χ3v) is 4.40. The number of hydrogen-bond donors (Lipinski definition) is 2. The molecule has 2 heterocycles. The zero-order chi connectivity index (χ0) is 18.0. The van der Waals surface area contributed by atoms with Crippen molar-refractivity contribution in [1.29, 1.82) is 0 Å². The first-order valence-electron chi connectivity index (χ1n) is 8.09. The lowest BCUT2D eigenvalue weighted by Crippen LogP contribution is -2.50. The molecule has 1 aliphatic rings. The number of nitrogens with one attached hydrogen (secondary N) is 2. The highest BCUT2D eigenvalue weighted by Gasteiger charge is 2.30. The molecule has 1 amide bonds. The van der Waals surface area contributed by atoms with E-state index in [1.165, 1.54) is 29.1 Å². The van der Waals surface area contributed by atoms with Crippen LogP contribution in [0.15, 0.2) is 36.5 Å². The van der Waals surface area contributed by atoms with Gasteiger partial charge in [0, 0.05) is 18.8 Å². The van der Waals surface area contributed by atoms with Gasteiger partial charge in [0.05, 0.1) is 11.3 Å². The van der Waals surface area contributed by atoms with E-state index in [-0.39, 0.29) is 23.3 Å². The van der Waals surface area contributed by atoms with Crippen LogP contribution in [0.3, 0.4) is 0 Å². The summed E-state index contributed by atoms with van der Waals surface area (Å²) in [4.78, 5) is 12.3. The Balaban J connectivity index is 1.75. The minimum absolute atomic E-state index is 0.0138. The van der Waals surface area contributed by atoms with Gasteiger partial charge in [0.2, 0.25) is 0 Å². The number of carbonyl (C=O) groups is 1. The van der Waals surface area contributed by atoms with Crippen molar-refractivity contribution < 1.29 is 18.0 Å². The van der Waals surface area contributed by atoms with Gasteiger partial charge in [0.15, 0.2) is 5.69 Å². The molecule has 1 saturated heterocycles. The predicted octanol–water partition coefficient (Wildman–Crippen LogP) is 2.62. The number of halogens is 3. The van der Waals surface area contributed by atoms with E-state index in [2.05, 4.69) is 22.7 Å².